The third-order valence-corrected chi connectivity index (χ3v) is 3.34. The Kier molecular flexibility index (Phi) is 3.47. The number of nitrogens with zero attached hydrogens (tertiary/aromatic N) is 1. The Hall–Kier alpha value is 0.310. The maximum absolute atomic E-state index is 4.35. The summed E-state index contributed by atoms with van der Waals surface area (Å²) in [6, 6.07) is 0. The van der Waals surface area contributed by atoms with Gasteiger partial charge in [-0.3, -0.25) is 4.90 Å². The maximum Gasteiger partial charge on any atom is 0.0125 e. The van der Waals surface area contributed by atoms with Crippen molar-refractivity contribution in [1.29, 1.82) is 0 Å². The number of likely N-dealkylation sites (tertiary alicyclic amines) is 1. The van der Waals surface area contributed by atoms with Gasteiger partial charge in [-0.15, -0.1) is 0 Å². The molecule has 1 heterocycles. The largest absolute Gasteiger partial charge is 0.298 e. The van der Waals surface area contributed by atoms with E-state index in [1.165, 1.54) is 25.9 Å². The molecule has 1 fully saturated rings. The number of hydrogen-bond acceptors (Lipinski definition) is 2. The molecule has 0 spiro atoms. The predicted octanol–water partition coefficient (Wildman–Crippen LogP) is 2.43. The fraction of sp³-hybridized carbons (Fsp3) is 1.00. The normalized spacial score (nSPS) is 23.0. The zero-order chi connectivity index (χ0) is 9.19. The predicted molar refractivity (Wildman–Crippen MR) is 57.9 cm³/mol. The van der Waals surface area contributed by atoms with E-state index in [9.17, 15) is 0 Å². The summed E-state index contributed by atoms with van der Waals surface area (Å²) in [4.78, 5) is 2.58. The van der Waals surface area contributed by atoms with Gasteiger partial charge in [0.2, 0.25) is 0 Å². The van der Waals surface area contributed by atoms with Gasteiger partial charge in [-0.05, 0) is 58.4 Å². The van der Waals surface area contributed by atoms with Gasteiger partial charge in [0.25, 0.3) is 0 Å². The van der Waals surface area contributed by atoms with E-state index >= 15 is 0 Å². The van der Waals surface area contributed by atoms with Crippen LogP contribution in [0.1, 0.15) is 33.6 Å². The Bertz CT molecular complexity index is 131. The van der Waals surface area contributed by atoms with Gasteiger partial charge < -0.3 is 0 Å². The average Bonchev–Trinajstić information content (AvgIpc) is 2.03. The van der Waals surface area contributed by atoms with Crippen LogP contribution in [-0.4, -0.2) is 29.3 Å². The molecule has 1 nitrogen and oxygen atoms in total. The van der Waals surface area contributed by atoms with Crippen LogP contribution in [0.5, 0.6) is 0 Å². The number of thiol groups is 1. The van der Waals surface area contributed by atoms with E-state index in [0.29, 0.717) is 5.54 Å². The number of rotatable bonds is 1. The molecule has 12 heavy (non-hydrogen) atoms. The van der Waals surface area contributed by atoms with Crippen LogP contribution in [0.2, 0.25) is 0 Å². The summed E-state index contributed by atoms with van der Waals surface area (Å²) in [5.74, 6) is 1.93. The molecule has 0 unspecified atom stereocenters. The molecule has 0 atom stereocenters. The summed E-state index contributed by atoms with van der Waals surface area (Å²) >= 11 is 4.35. The lowest BCUT2D eigenvalue weighted by Crippen LogP contribution is -2.46. The molecular weight excluding hydrogens is 166 g/mol. The van der Waals surface area contributed by atoms with Crippen molar-refractivity contribution in [3.8, 4) is 0 Å². The zero-order valence-corrected chi connectivity index (χ0v) is 9.40. The van der Waals surface area contributed by atoms with Crippen molar-refractivity contribution in [2.45, 2.75) is 39.2 Å². The van der Waals surface area contributed by atoms with Crippen molar-refractivity contribution in [2.24, 2.45) is 5.92 Å². The average molecular weight is 187 g/mol. The van der Waals surface area contributed by atoms with E-state index in [-0.39, 0.29) is 0 Å². The Balaban J connectivity index is 2.36. The molecule has 0 aliphatic carbocycles. The van der Waals surface area contributed by atoms with Crippen molar-refractivity contribution < 1.29 is 0 Å². The van der Waals surface area contributed by atoms with Crippen molar-refractivity contribution >= 4 is 12.6 Å². The van der Waals surface area contributed by atoms with Gasteiger partial charge >= 0.3 is 0 Å². The van der Waals surface area contributed by atoms with Crippen LogP contribution in [0.15, 0.2) is 0 Å². The second-order valence-electron chi connectivity index (χ2n) is 4.78. The van der Waals surface area contributed by atoms with E-state index in [1.807, 2.05) is 0 Å². The fourth-order valence-electron chi connectivity index (χ4n) is 1.79. The summed E-state index contributed by atoms with van der Waals surface area (Å²) in [5, 5.41) is 0. The monoisotopic (exact) mass is 187 g/mol. The molecule has 1 saturated heterocycles. The molecule has 0 amide bonds. The van der Waals surface area contributed by atoms with Crippen molar-refractivity contribution in [3.05, 3.63) is 0 Å². The summed E-state index contributed by atoms with van der Waals surface area (Å²) < 4.78 is 0. The second kappa shape index (κ2) is 4.01. The van der Waals surface area contributed by atoms with Crippen LogP contribution in [0.3, 0.4) is 0 Å². The topological polar surface area (TPSA) is 3.24 Å². The van der Waals surface area contributed by atoms with Gasteiger partial charge in [-0.2, -0.15) is 12.6 Å². The fourth-order valence-corrected chi connectivity index (χ4v) is 2.15. The molecule has 2 heteroatoms. The minimum atomic E-state index is 0.363. The molecule has 0 saturated carbocycles. The number of hydrogen-bond donors (Lipinski definition) is 1. The first-order valence-corrected chi connectivity index (χ1v) is 5.53. The highest BCUT2D eigenvalue weighted by molar-refractivity contribution is 7.80. The third-order valence-electron chi connectivity index (χ3n) is 2.82. The quantitative estimate of drug-likeness (QED) is 0.617. The van der Waals surface area contributed by atoms with Crippen molar-refractivity contribution in [3.63, 3.8) is 0 Å². The molecular formula is C10H21NS. The van der Waals surface area contributed by atoms with Crippen molar-refractivity contribution in [1.82, 2.24) is 4.90 Å². The summed E-state index contributed by atoms with van der Waals surface area (Å²) in [5.41, 5.74) is 0.363. The Morgan fingerprint density at radius 2 is 1.75 bits per heavy atom. The molecule has 0 aromatic heterocycles. The molecule has 1 aliphatic rings. The smallest absolute Gasteiger partial charge is 0.0125 e. The molecule has 0 bridgehead atoms. The Morgan fingerprint density at radius 3 is 2.08 bits per heavy atom. The lowest BCUT2D eigenvalue weighted by Gasteiger charge is -2.40. The minimum absolute atomic E-state index is 0.363. The highest BCUT2D eigenvalue weighted by Gasteiger charge is 2.25. The second-order valence-corrected chi connectivity index (χ2v) is 5.15. The highest BCUT2D eigenvalue weighted by atomic mass is 32.1. The van der Waals surface area contributed by atoms with Gasteiger partial charge in [0.1, 0.15) is 0 Å². The molecule has 0 N–H and O–H groups in total. The van der Waals surface area contributed by atoms with Gasteiger partial charge in [0.15, 0.2) is 0 Å². The highest BCUT2D eigenvalue weighted by Crippen LogP contribution is 2.23. The van der Waals surface area contributed by atoms with Crippen LogP contribution in [0.25, 0.3) is 0 Å². The van der Waals surface area contributed by atoms with E-state index < -0.39 is 0 Å². The minimum Gasteiger partial charge on any atom is -0.298 e. The van der Waals surface area contributed by atoms with E-state index in [4.69, 9.17) is 0 Å². The first kappa shape index (κ1) is 10.4. The Labute approximate surface area is 81.9 Å². The lowest BCUT2D eigenvalue weighted by atomic mass is 9.94. The van der Waals surface area contributed by atoms with Crippen LogP contribution < -0.4 is 0 Å². The molecule has 0 aromatic rings. The first-order valence-electron chi connectivity index (χ1n) is 4.90. The molecule has 72 valence electrons. The van der Waals surface area contributed by atoms with Crippen LogP contribution >= 0.6 is 12.6 Å². The zero-order valence-electron chi connectivity index (χ0n) is 8.51. The first-order chi connectivity index (χ1) is 5.54. The van der Waals surface area contributed by atoms with E-state index in [0.717, 1.165) is 11.7 Å². The van der Waals surface area contributed by atoms with E-state index in [1.54, 1.807) is 0 Å². The third kappa shape index (κ3) is 2.67. The van der Waals surface area contributed by atoms with Crippen LogP contribution in [0, 0.1) is 5.92 Å². The van der Waals surface area contributed by atoms with Crippen molar-refractivity contribution in [2.75, 3.05) is 18.8 Å². The van der Waals surface area contributed by atoms with Crippen LogP contribution in [-0.2, 0) is 0 Å². The summed E-state index contributed by atoms with van der Waals surface area (Å²) in [7, 11) is 0. The molecule has 1 aliphatic heterocycles. The van der Waals surface area contributed by atoms with Gasteiger partial charge in [0, 0.05) is 5.54 Å². The summed E-state index contributed by atoms with van der Waals surface area (Å²) in [6.45, 7) is 9.42. The standard InChI is InChI=1S/C10H21NS/c1-10(2,3)11-6-4-9(8-12)5-7-11/h9,12H,4-8H2,1-3H3. The molecule has 1 rings (SSSR count). The van der Waals surface area contributed by atoms with Gasteiger partial charge in [-0.1, -0.05) is 0 Å². The molecule has 0 aromatic carbocycles. The van der Waals surface area contributed by atoms with Gasteiger partial charge in [-0.25, -0.2) is 0 Å². The van der Waals surface area contributed by atoms with Crippen LogP contribution in [0.4, 0.5) is 0 Å². The lowest BCUT2D eigenvalue weighted by molar-refractivity contribution is 0.0927. The number of piperidine rings is 1. The Morgan fingerprint density at radius 1 is 1.25 bits per heavy atom. The SMILES string of the molecule is CC(C)(C)N1CCC(CS)CC1. The molecule has 0 radical (unpaired) electrons. The van der Waals surface area contributed by atoms with Gasteiger partial charge in [0.05, 0.1) is 0 Å². The summed E-state index contributed by atoms with van der Waals surface area (Å²) in [6.07, 6.45) is 2.67. The maximum atomic E-state index is 4.35. The van der Waals surface area contributed by atoms with E-state index in [2.05, 4.69) is 38.3 Å².